The number of hydrogen-bond acceptors (Lipinski definition) is 8. The highest BCUT2D eigenvalue weighted by molar-refractivity contribution is 5.97. The molecule has 0 saturated heterocycles. The third kappa shape index (κ3) is 4.91. The molecule has 0 fully saturated rings. The molecule has 3 aromatic carbocycles. The fourth-order valence-corrected chi connectivity index (χ4v) is 3.98. The number of fused-ring (bicyclic) bond motifs is 2. The van der Waals surface area contributed by atoms with Gasteiger partial charge in [-0.15, -0.1) is 10.2 Å². The summed E-state index contributed by atoms with van der Waals surface area (Å²) in [7, 11) is 0. The Kier molecular flexibility index (Phi) is 6.40. The summed E-state index contributed by atoms with van der Waals surface area (Å²) in [5, 5.41) is 30.5. The summed E-state index contributed by atoms with van der Waals surface area (Å²) >= 11 is 0. The summed E-state index contributed by atoms with van der Waals surface area (Å²) in [5.74, 6) is -0.577. The third-order valence-corrected chi connectivity index (χ3v) is 5.75. The van der Waals surface area contributed by atoms with Crippen LogP contribution in [0.1, 0.15) is 10.4 Å². The lowest BCUT2D eigenvalue weighted by molar-refractivity contribution is 0.0921. The van der Waals surface area contributed by atoms with E-state index < -0.39 is 17.6 Å². The zero-order valence-electron chi connectivity index (χ0n) is 19.4. The van der Waals surface area contributed by atoms with Crippen LogP contribution in [-0.2, 0) is 6.54 Å². The molecule has 0 bridgehead atoms. The second-order valence-corrected chi connectivity index (χ2v) is 8.32. The molecule has 10 nitrogen and oxygen atoms in total. The Labute approximate surface area is 209 Å². The molecule has 0 saturated carbocycles. The first-order valence-corrected chi connectivity index (χ1v) is 11.4. The molecule has 0 aliphatic carbocycles. The number of aliphatic hydroxyl groups excluding tert-OH is 1. The van der Waals surface area contributed by atoms with Gasteiger partial charge in [0.1, 0.15) is 24.0 Å². The predicted octanol–water partition coefficient (Wildman–Crippen LogP) is 4.40. The second-order valence-electron chi connectivity index (χ2n) is 8.32. The first-order valence-electron chi connectivity index (χ1n) is 11.4. The highest BCUT2D eigenvalue weighted by atomic mass is 16.5. The standard InChI is InChI=1S/C27H22N4O6/c28-17-11-9-16(10-12-17)26(34)30-29-25-19-5-1-3-7-21(19)31(27(25)35)14-18(32)15-36-23-13-24(33)37-22-8-4-2-6-20(22)23/h1-13,18,32,35H,14-15,28H2. The number of aliphatic hydroxyl groups is 1. The molecular weight excluding hydrogens is 476 g/mol. The molecule has 0 aliphatic heterocycles. The SMILES string of the molecule is Nc1ccc(C(=O)N=Nc2c(O)n(CC(O)COc3cc(=O)oc4ccccc34)c3ccccc23)cc1. The Hall–Kier alpha value is -4.96. The number of hydrogen-bond donors (Lipinski definition) is 3. The highest BCUT2D eigenvalue weighted by Gasteiger charge is 2.20. The molecular formula is C27H22N4O6. The van der Waals surface area contributed by atoms with Crippen molar-refractivity contribution in [2.45, 2.75) is 12.6 Å². The van der Waals surface area contributed by atoms with E-state index in [2.05, 4.69) is 10.2 Å². The van der Waals surface area contributed by atoms with Crippen molar-refractivity contribution in [1.82, 2.24) is 4.57 Å². The van der Waals surface area contributed by atoms with Crippen molar-refractivity contribution in [1.29, 1.82) is 0 Å². The van der Waals surface area contributed by atoms with Crippen LogP contribution in [0.25, 0.3) is 21.9 Å². The zero-order valence-corrected chi connectivity index (χ0v) is 19.4. The first-order chi connectivity index (χ1) is 17.9. The normalized spacial score (nSPS) is 12.4. The van der Waals surface area contributed by atoms with Crippen LogP contribution in [0.4, 0.5) is 11.4 Å². The molecule has 1 unspecified atom stereocenters. The molecule has 0 radical (unpaired) electrons. The number of aromatic nitrogens is 1. The monoisotopic (exact) mass is 498 g/mol. The lowest BCUT2D eigenvalue weighted by Gasteiger charge is -2.15. The Morgan fingerprint density at radius 1 is 1.03 bits per heavy atom. The van der Waals surface area contributed by atoms with Crippen LogP contribution >= 0.6 is 0 Å². The molecule has 2 aromatic heterocycles. The number of nitrogens with two attached hydrogens (primary N) is 1. The van der Waals surface area contributed by atoms with Crippen molar-refractivity contribution in [2.24, 2.45) is 10.2 Å². The van der Waals surface area contributed by atoms with Gasteiger partial charge in [0.2, 0.25) is 5.88 Å². The molecule has 1 atom stereocenters. The van der Waals surface area contributed by atoms with E-state index in [-0.39, 0.29) is 30.5 Å². The zero-order chi connectivity index (χ0) is 25.9. The van der Waals surface area contributed by atoms with Gasteiger partial charge in [-0.25, -0.2) is 4.79 Å². The van der Waals surface area contributed by atoms with Crippen LogP contribution in [-0.4, -0.2) is 33.4 Å². The van der Waals surface area contributed by atoms with Gasteiger partial charge in [0.15, 0.2) is 5.69 Å². The number of nitrogens with zero attached hydrogens (tertiary/aromatic N) is 3. The highest BCUT2D eigenvalue weighted by Crippen LogP contribution is 2.39. The summed E-state index contributed by atoms with van der Waals surface area (Å²) in [6.07, 6.45) is -1.06. The summed E-state index contributed by atoms with van der Waals surface area (Å²) in [6.45, 7) is -0.209. The average molecular weight is 498 g/mol. The van der Waals surface area contributed by atoms with Gasteiger partial charge in [-0.3, -0.25) is 4.79 Å². The van der Waals surface area contributed by atoms with E-state index in [0.29, 0.717) is 33.1 Å². The Morgan fingerprint density at radius 3 is 2.51 bits per heavy atom. The van der Waals surface area contributed by atoms with Crippen molar-refractivity contribution >= 4 is 39.2 Å². The second kappa shape index (κ2) is 9.96. The van der Waals surface area contributed by atoms with Crippen molar-refractivity contribution < 1.29 is 24.2 Å². The van der Waals surface area contributed by atoms with E-state index in [9.17, 15) is 19.8 Å². The number of carbonyl (C=O) groups excluding carboxylic acids is 1. The largest absolute Gasteiger partial charge is 0.493 e. The van der Waals surface area contributed by atoms with Gasteiger partial charge in [0, 0.05) is 16.6 Å². The number of azo groups is 1. The minimum atomic E-state index is -1.06. The molecule has 0 aliphatic rings. The van der Waals surface area contributed by atoms with Gasteiger partial charge >= 0.3 is 5.63 Å². The topological polar surface area (TPSA) is 153 Å². The molecule has 5 rings (SSSR count). The van der Waals surface area contributed by atoms with Gasteiger partial charge in [0.05, 0.1) is 23.5 Å². The Morgan fingerprint density at radius 2 is 1.73 bits per heavy atom. The molecule has 1 amide bonds. The van der Waals surface area contributed by atoms with Crippen LogP contribution in [0.5, 0.6) is 11.6 Å². The molecule has 5 aromatic rings. The van der Waals surface area contributed by atoms with Gasteiger partial charge in [-0.2, -0.15) is 0 Å². The maximum atomic E-state index is 12.4. The van der Waals surface area contributed by atoms with Gasteiger partial charge in [0.25, 0.3) is 5.91 Å². The minimum Gasteiger partial charge on any atom is -0.493 e. The molecule has 186 valence electrons. The van der Waals surface area contributed by atoms with Crippen LogP contribution in [0.2, 0.25) is 0 Å². The van der Waals surface area contributed by atoms with Crippen LogP contribution in [0.15, 0.2) is 98.3 Å². The van der Waals surface area contributed by atoms with Gasteiger partial charge in [-0.05, 0) is 42.5 Å². The molecule has 2 heterocycles. The number of para-hydroxylation sites is 2. The van der Waals surface area contributed by atoms with Crippen LogP contribution < -0.4 is 16.1 Å². The summed E-state index contributed by atoms with van der Waals surface area (Å²) in [5.41, 5.74) is 6.95. The van der Waals surface area contributed by atoms with E-state index in [1.54, 1.807) is 60.7 Å². The molecule has 0 spiro atoms. The summed E-state index contributed by atoms with van der Waals surface area (Å²) < 4.78 is 12.4. The quantitative estimate of drug-likeness (QED) is 0.171. The van der Waals surface area contributed by atoms with E-state index in [1.807, 2.05) is 0 Å². The number of nitrogen functional groups attached to an aromatic ring is 1. The summed E-state index contributed by atoms with van der Waals surface area (Å²) in [6, 6.07) is 21.4. The van der Waals surface area contributed by atoms with E-state index in [4.69, 9.17) is 14.9 Å². The number of aromatic hydroxyl groups is 1. The summed E-state index contributed by atoms with van der Waals surface area (Å²) in [4.78, 5) is 24.3. The maximum absolute atomic E-state index is 12.4. The minimum absolute atomic E-state index is 0.0485. The number of carbonyl (C=O) groups is 1. The van der Waals surface area contributed by atoms with Crippen molar-refractivity contribution in [3.05, 3.63) is 94.8 Å². The molecule has 37 heavy (non-hydrogen) atoms. The lowest BCUT2D eigenvalue weighted by Crippen LogP contribution is -2.23. The van der Waals surface area contributed by atoms with E-state index >= 15 is 0 Å². The van der Waals surface area contributed by atoms with Crippen molar-refractivity contribution in [2.75, 3.05) is 12.3 Å². The van der Waals surface area contributed by atoms with Crippen LogP contribution in [0.3, 0.4) is 0 Å². The van der Waals surface area contributed by atoms with Gasteiger partial charge < -0.3 is 29.7 Å². The fourth-order valence-electron chi connectivity index (χ4n) is 3.98. The Balaban J connectivity index is 1.37. The predicted molar refractivity (Wildman–Crippen MR) is 137 cm³/mol. The van der Waals surface area contributed by atoms with E-state index in [0.717, 1.165) is 0 Å². The maximum Gasteiger partial charge on any atom is 0.339 e. The number of ether oxygens (including phenoxy) is 1. The van der Waals surface area contributed by atoms with Crippen LogP contribution in [0, 0.1) is 0 Å². The van der Waals surface area contributed by atoms with Gasteiger partial charge in [-0.1, -0.05) is 30.3 Å². The first kappa shape index (κ1) is 23.8. The molecule has 4 N–H and O–H groups in total. The Bertz CT molecular complexity index is 1690. The number of amides is 1. The lowest BCUT2D eigenvalue weighted by atomic mass is 10.2. The number of rotatable bonds is 7. The number of benzene rings is 3. The van der Waals surface area contributed by atoms with E-state index in [1.165, 1.54) is 22.8 Å². The molecule has 10 heteroatoms. The van der Waals surface area contributed by atoms with Crippen molar-refractivity contribution in [3.63, 3.8) is 0 Å². The fraction of sp³-hybridized carbons (Fsp3) is 0.111. The van der Waals surface area contributed by atoms with Crippen molar-refractivity contribution in [3.8, 4) is 11.6 Å². The smallest absolute Gasteiger partial charge is 0.339 e. The number of anilines is 1. The average Bonchev–Trinajstić information content (AvgIpc) is 3.16. The third-order valence-electron chi connectivity index (χ3n) is 5.75.